The maximum Gasteiger partial charge on any atom is 0.262 e. The maximum absolute atomic E-state index is 12.6. The number of anilines is 1. The number of nitrogens with one attached hydrogen (secondary N) is 1. The second-order valence-corrected chi connectivity index (χ2v) is 8.05. The Morgan fingerprint density at radius 2 is 1.85 bits per heavy atom. The summed E-state index contributed by atoms with van der Waals surface area (Å²) in [6, 6.07) is 14.6. The highest BCUT2D eigenvalue weighted by Gasteiger charge is 2.27. The summed E-state index contributed by atoms with van der Waals surface area (Å²) in [4.78, 5) is 12.2. The molecule has 0 spiro atoms. The molecule has 7 nitrogen and oxygen atoms in total. The van der Waals surface area contributed by atoms with Crippen molar-refractivity contribution in [2.24, 2.45) is 0 Å². The molecule has 1 heterocycles. The van der Waals surface area contributed by atoms with Crippen LogP contribution in [-0.2, 0) is 14.8 Å². The van der Waals surface area contributed by atoms with Crippen LogP contribution in [0.5, 0.6) is 5.75 Å². The lowest BCUT2D eigenvalue weighted by Crippen LogP contribution is -2.28. The average Bonchev–Trinajstić information content (AvgIpc) is 3.23. The molecule has 1 saturated heterocycles. The van der Waals surface area contributed by atoms with Gasteiger partial charge in [0.1, 0.15) is 5.75 Å². The normalized spacial score (nSPS) is 14.5. The molecule has 3 rings (SSSR count). The molecular formula is C19H19N3O4S. The summed E-state index contributed by atoms with van der Waals surface area (Å²) in [6.45, 7) is 0.823. The highest BCUT2D eigenvalue weighted by Crippen LogP contribution is 2.23. The summed E-state index contributed by atoms with van der Waals surface area (Å²) in [5.74, 6) is 0.0598. The summed E-state index contributed by atoms with van der Waals surface area (Å²) in [7, 11) is -3.53. The summed E-state index contributed by atoms with van der Waals surface area (Å²) in [5.41, 5.74) is 0.895. The average molecular weight is 385 g/mol. The standard InChI is InChI=1S/C19H19N3O4S/c20-13-15-6-8-17(9-7-15)26-14-19(23)21-16-4-3-5-18(12-16)27(24,25)22-10-1-2-11-22/h3-9,12H,1-2,10-11,14H2,(H,21,23). The first-order valence-corrected chi connectivity index (χ1v) is 9.96. The van der Waals surface area contributed by atoms with Gasteiger partial charge in [0, 0.05) is 18.8 Å². The minimum absolute atomic E-state index is 0.162. The number of benzene rings is 2. The van der Waals surface area contributed by atoms with E-state index in [1.807, 2.05) is 6.07 Å². The number of hydrogen-bond acceptors (Lipinski definition) is 5. The van der Waals surface area contributed by atoms with Crippen molar-refractivity contribution in [2.75, 3.05) is 25.0 Å². The molecule has 8 heteroatoms. The lowest BCUT2D eigenvalue weighted by Gasteiger charge is -2.16. The van der Waals surface area contributed by atoms with Crippen molar-refractivity contribution in [1.29, 1.82) is 5.26 Å². The number of nitriles is 1. The van der Waals surface area contributed by atoms with Crippen LogP contribution in [0.25, 0.3) is 0 Å². The van der Waals surface area contributed by atoms with Gasteiger partial charge in [-0.25, -0.2) is 8.42 Å². The Bertz CT molecular complexity index is 959. The van der Waals surface area contributed by atoms with E-state index in [0.717, 1.165) is 12.8 Å². The quantitative estimate of drug-likeness (QED) is 0.823. The van der Waals surface area contributed by atoms with Gasteiger partial charge in [-0.2, -0.15) is 9.57 Å². The van der Waals surface area contributed by atoms with Crippen LogP contribution in [0.2, 0.25) is 0 Å². The van der Waals surface area contributed by atoms with Gasteiger partial charge in [-0.1, -0.05) is 6.07 Å². The highest BCUT2D eigenvalue weighted by molar-refractivity contribution is 7.89. The lowest BCUT2D eigenvalue weighted by atomic mass is 10.2. The molecule has 0 bridgehead atoms. The van der Waals surface area contributed by atoms with Crippen LogP contribution < -0.4 is 10.1 Å². The van der Waals surface area contributed by atoms with Gasteiger partial charge in [-0.05, 0) is 55.3 Å². The number of rotatable bonds is 6. The third-order valence-corrected chi connectivity index (χ3v) is 6.07. The SMILES string of the molecule is N#Cc1ccc(OCC(=O)Nc2cccc(S(=O)(=O)N3CCCC3)c2)cc1. The van der Waals surface area contributed by atoms with Gasteiger partial charge >= 0.3 is 0 Å². The molecule has 1 aliphatic heterocycles. The van der Waals surface area contributed by atoms with E-state index in [1.165, 1.54) is 16.4 Å². The zero-order chi connectivity index (χ0) is 19.3. The molecule has 140 valence electrons. The maximum atomic E-state index is 12.6. The fourth-order valence-electron chi connectivity index (χ4n) is 2.78. The summed E-state index contributed by atoms with van der Waals surface area (Å²) in [6.07, 6.45) is 1.73. The van der Waals surface area contributed by atoms with Crippen molar-refractivity contribution in [3.05, 3.63) is 54.1 Å². The number of hydrogen-bond donors (Lipinski definition) is 1. The first-order chi connectivity index (χ1) is 13.0. The number of carbonyl (C=O) groups excluding carboxylic acids is 1. The zero-order valence-corrected chi connectivity index (χ0v) is 15.4. The smallest absolute Gasteiger partial charge is 0.262 e. The van der Waals surface area contributed by atoms with Crippen LogP contribution in [0.3, 0.4) is 0 Å². The molecule has 1 N–H and O–H groups in total. The predicted octanol–water partition coefficient (Wildman–Crippen LogP) is 2.36. The van der Waals surface area contributed by atoms with Gasteiger partial charge in [0.15, 0.2) is 6.61 Å². The molecular weight excluding hydrogens is 366 g/mol. The third kappa shape index (κ3) is 4.64. The van der Waals surface area contributed by atoms with Crippen molar-refractivity contribution in [1.82, 2.24) is 4.31 Å². The van der Waals surface area contributed by atoms with Crippen LogP contribution in [-0.4, -0.2) is 38.3 Å². The minimum atomic E-state index is -3.53. The fourth-order valence-corrected chi connectivity index (χ4v) is 4.35. The minimum Gasteiger partial charge on any atom is -0.484 e. The van der Waals surface area contributed by atoms with Crippen molar-refractivity contribution in [3.63, 3.8) is 0 Å². The number of amides is 1. The van der Waals surface area contributed by atoms with E-state index < -0.39 is 15.9 Å². The fraction of sp³-hybridized carbons (Fsp3) is 0.263. The Labute approximate surface area is 158 Å². The Hall–Kier alpha value is -2.89. The van der Waals surface area contributed by atoms with Gasteiger partial charge < -0.3 is 10.1 Å². The van der Waals surface area contributed by atoms with Crippen LogP contribution in [0.15, 0.2) is 53.4 Å². The largest absolute Gasteiger partial charge is 0.484 e. The van der Waals surface area contributed by atoms with Gasteiger partial charge in [0.25, 0.3) is 5.91 Å². The van der Waals surface area contributed by atoms with Crippen molar-refractivity contribution < 1.29 is 17.9 Å². The number of carbonyl (C=O) groups is 1. The van der Waals surface area contributed by atoms with Gasteiger partial charge in [-0.3, -0.25) is 4.79 Å². The molecule has 27 heavy (non-hydrogen) atoms. The van der Waals surface area contributed by atoms with E-state index in [-0.39, 0.29) is 11.5 Å². The number of sulfonamides is 1. The molecule has 0 atom stereocenters. The Balaban J connectivity index is 1.61. The van der Waals surface area contributed by atoms with Crippen molar-refractivity contribution >= 4 is 21.6 Å². The zero-order valence-electron chi connectivity index (χ0n) is 14.6. The monoisotopic (exact) mass is 385 g/mol. The van der Waals surface area contributed by atoms with E-state index in [1.54, 1.807) is 36.4 Å². The van der Waals surface area contributed by atoms with Crippen LogP contribution in [0, 0.1) is 11.3 Å². The molecule has 0 aliphatic carbocycles. The number of nitrogens with zero attached hydrogens (tertiary/aromatic N) is 2. The Morgan fingerprint density at radius 3 is 2.52 bits per heavy atom. The van der Waals surface area contributed by atoms with Crippen molar-refractivity contribution in [2.45, 2.75) is 17.7 Å². The van der Waals surface area contributed by atoms with Gasteiger partial charge in [0.05, 0.1) is 16.5 Å². The first-order valence-electron chi connectivity index (χ1n) is 8.52. The molecule has 2 aromatic carbocycles. The molecule has 2 aromatic rings. The Morgan fingerprint density at radius 1 is 1.15 bits per heavy atom. The summed E-state index contributed by atoms with van der Waals surface area (Å²) >= 11 is 0. The predicted molar refractivity (Wildman–Crippen MR) is 99.7 cm³/mol. The van der Waals surface area contributed by atoms with E-state index in [2.05, 4.69) is 5.32 Å². The van der Waals surface area contributed by atoms with Crippen molar-refractivity contribution in [3.8, 4) is 11.8 Å². The highest BCUT2D eigenvalue weighted by atomic mass is 32.2. The number of ether oxygens (including phenoxy) is 1. The van der Waals surface area contributed by atoms with Gasteiger partial charge in [-0.15, -0.1) is 0 Å². The molecule has 1 aliphatic rings. The van der Waals surface area contributed by atoms with Crippen LogP contribution in [0.4, 0.5) is 5.69 Å². The first kappa shape index (κ1) is 18.9. The molecule has 0 radical (unpaired) electrons. The molecule has 1 fully saturated rings. The molecule has 1 amide bonds. The van der Waals surface area contributed by atoms with E-state index >= 15 is 0 Å². The molecule has 0 unspecified atom stereocenters. The third-order valence-electron chi connectivity index (χ3n) is 4.17. The summed E-state index contributed by atoms with van der Waals surface area (Å²) < 4.78 is 32.0. The lowest BCUT2D eigenvalue weighted by molar-refractivity contribution is -0.118. The van der Waals surface area contributed by atoms with Crippen LogP contribution in [0.1, 0.15) is 18.4 Å². The molecule has 0 saturated carbocycles. The van der Waals surface area contributed by atoms with E-state index in [4.69, 9.17) is 10.00 Å². The topological polar surface area (TPSA) is 99.5 Å². The van der Waals surface area contributed by atoms with E-state index in [0.29, 0.717) is 30.1 Å². The Kier molecular flexibility index (Phi) is 5.74. The second kappa shape index (κ2) is 8.20. The van der Waals surface area contributed by atoms with Crippen LogP contribution >= 0.6 is 0 Å². The second-order valence-electron chi connectivity index (χ2n) is 6.11. The van der Waals surface area contributed by atoms with E-state index in [9.17, 15) is 13.2 Å². The summed E-state index contributed by atoms with van der Waals surface area (Å²) in [5, 5.41) is 11.4. The molecule has 0 aromatic heterocycles. The van der Waals surface area contributed by atoms with Gasteiger partial charge in [0.2, 0.25) is 10.0 Å².